The summed E-state index contributed by atoms with van der Waals surface area (Å²) in [6, 6.07) is 7.92. The summed E-state index contributed by atoms with van der Waals surface area (Å²) in [6.45, 7) is 4.93. The molecule has 1 aliphatic rings. The SMILES string of the molecule is Cc1nc(C2CN(Cc3cccc(Cl)c3)CCO2)no1. The van der Waals surface area contributed by atoms with Crippen LogP contribution in [0.2, 0.25) is 5.02 Å². The first-order valence-electron chi connectivity index (χ1n) is 6.59. The van der Waals surface area contributed by atoms with Gasteiger partial charge in [-0.1, -0.05) is 28.9 Å². The smallest absolute Gasteiger partial charge is 0.223 e. The highest BCUT2D eigenvalue weighted by atomic mass is 35.5. The Morgan fingerprint density at radius 3 is 3.10 bits per heavy atom. The van der Waals surface area contributed by atoms with Crippen LogP contribution < -0.4 is 0 Å². The van der Waals surface area contributed by atoms with Crippen LogP contribution in [0.3, 0.4) is 0 Å². The van der Waals surface area contributed by atoms with Gasteiger partial charge in [0.05, 0.1) is 6.61 Å². The zero-order valence-electron chi connectivity index (χ0n) is 11.3. The van der Waals surface area contributed by atoms with Crippen molar-refractivity contribution in [1.29, 1.82) is 0 Å². The summed E-state index contributed by atoms with van der Waals surface area (Å²) in [4.78, 5) is 6.55. The van der Waals surface area contributed by atoms with Crippen molar-refractivity contribution in [3.63, 3.8) is 0 Å². The van der Waals surface area contributed by atoms with Gasteiger partial charge in [0.2, 0.25) is 11.7 Å². The number of halogens is 1. The maximum atomic E-state index is 6.01. The topological polar surface area (TPSA) is 51.4 Å². The Bertz CT molecular complexity index is 587. The molecule has 1 unspecified atom stereocenters. The minimum absolute atomic E-state index is 0.125. The van der Waals surface area contributed by atoms with Crippen molar-refractivity contribution in [2.45, 2.75) is 19.6 Å². The first-order valence-corrected chi connectivity index (χ1v) is 6.97. The summed E-state index contributed by atoms with van der Waals surface area (Å²) < 4.78 is 10.7. The average Bonchev–Trinajstić information content (AvgIpc) is 2.86. The van der Waals surface area contributed by atoms with Gasteiger partial charge in [0.1, 0.15) is 6.10 Å². The van der Waals surface area contributed by atoms with Gasteiger partial charge in [-0.3, -0.25) is 4.90 Å². The Kier molecular flexibility index (Phi) is 4.00. The van der Waals surface area contributed by atoms with Gasteiger partial charge in [-0.05, 0) is 17.7 Å². The van der Waals surface area contributed by atoms with Crippen LogP contribution >= 0.6 is 11.6 Å². The van der Waals surface area contributed by atoms with Gasteiger partial charge in [0, 0.05) is 31.6 Å². The highest BCUT2D eigenvalue weighted by Gasteiger charge is 2.25. The van der Waals surface area contributed by atoms with Crippen molar-refractivity contribution in [1.82, 2.24) is 15.0 Å². The fourth-order valence-electron chi connectivity index (χ4n) is 2.34. The molecule has 3 rings (SSSR count). The minimum Gasteiger partial charge on any atom is -0.367 e. The summed E-state index contributed by atoms with van der Waals surface area (Å²) in [5.41, 5.74) is 1.20. The molecule has 6 heteroatoms. The average molecular weight is 294 g/mol. The van der Waals surface area contributed by atoms with Crippen molar-refractivity contribution in [3.05, 3.63) is 46.6 Å². The van der Waals surface area contributed by atoms with E-state index >= 15 is 0 Å². The Morgan fingerprint density at radius 1 is 1.45 bits per heavy atom. The molecule has 0 saturated carbocycles. The number of rotatable bonds is 3. The van der Waals surface area contributed by atoms with Crippen LogP contribution in [0.25, 0.3) is 0 Å². The Labute approximate surface area is 122 Å². The van der Waals surface area contributed by atoms with E-state index in [2.05, 4.69) is 21.1 Å². The predicted octanol–water partition coefficient (Wildman–Crippen LogP) is 2.60. The highest BCUT2D eigenvalue weighted by Crippen LogP contribution is 2.21. The van der Waals surface area contributed by atoms with Crippen molar-refractivity contribution in [2.24, 2.45) is 0 Å². The van der Waals surface area contributed by atoms with Crippen LogP contribution in [0, 0.1) is 6.92 Å². The van der Waals surface area contributed by atoms with Crippen molar-refractivity contribution in [2.75, 3.05) is 19.7 Å². The van der Waals surface area contributed by atoms with E-state index in [1.54, 1.807) is 6.92 Å². The summed E-state index contributed by atoms with van der Waals surface area (Å²) >= 11 is 6.01. The molecule has 1 aromatic heterocycles. The Balaban J connectivity index is 1.66. The zero-order valence-corrected chi connectivity index (χ0v) is 12.0. The molecule has 2 aromatic rings. The molecule has 20 heavy (non-hydrogen) atoms. The molecular formula is C14H16ClN3O2. The molecule has 1 fully saturated rings. The van der Waals surface area contributed by atoms with E-state index in [9.17, 15) is 0 Å². The van der Waals surface area contributed by atoms with Crippen LogP contribution in [-0.2, 0) is 11.3 Å². The number of aryl methyl sites for hydroxylation is 1. The molecule has 5 nitrogen and oxygen atoms in total. The fourth-order valence-corrected chi connectivity index (χ4v) is 2.55. The molecule has 0 bridgehead atoms. The lowest BCUT2D eigenvalue weighted by Crippen LogP contribution is -2.38. The summed E-state index contributed by atoms with van der Waals surface area (Å²) in [5.74, 6) is 1.19. The highest BCUT2D eigenvalue weighted by molar-refractivity contribution is 6.30. The number of ether oxygens (including phenoxy) is 1. The third-order valence-electron chi connectivity index (χ3n) is 3.28. The van der Waals surface area contributed by atoms with Gasteiger partial charge in [-0.2, -0.15) is 4.98 Å². The normalized spacial score (nSPS) is 20.2. The number of hydrogen-bond donors (Lipinski definition) is 0. The molecule has 106 valence electrons. The van der Waals surface area contributed by atoms with Gasteiger partial charge < -0.3 is 9.26 Å². The van der Waals surface area contributed by atoms with E-state index in [4.69, 9.17) is 20.9 Å². The second-order valence-corrected chi connectivity index (χ2v) is 5.33. The minimum atomic E-state index is -0.125. The summed E-state index contributed by atoms with van der Waals surface area (Å²) in [5, 5.41) is 4.70. The van der Waals surface area contributed by atoms with Crippen molar-refractivity contribution >= 4 is 11.6 Å². The summed E-state index contributed by atoms with van der Waals surface area (Å²) in [7, 11) is 0. The summed E-state index contributed by atoms with van der Waals surface area (Å²) in [6.07, 6.45) is -0.125. The van der Waals surface area contributed by atoms with Crippen LogP contribution in [-0.4, -0.2) is 34.7 Å². The van der Waals surface area contributed by atoms with Crippen LogP contribution in [0.5, 0.6) is 0 Å². The zero-order chi connectivity index (χ0) is 13.9. The van der Waals surface area contributed by atoms with Gasteiger partial charge in [-0.15, -0.1) is 0 Å². The van der Waals surface area contributed by atoms with E-state index in [0.717, 1.165) is 24.7 Å². The largest absolute Gasteiger partial charge is 0.367 e. The quantitative estimate of drug-likeness (QED) is 0.870. The molecule has 2 heterocycles. The third kappa shape index (κ3) is 3.17. The number of benzene rings is 1. The molecule has 0 N–H and O–H groups in total. The maximum Gasteiger partial charge on any atom is 0.223 e. The maximum absolute atomic E-state index is 6.01. The van der Waals surface area contributed by atoms with E-state index in [1.165, 1.54) is 5.56 Å². The number of nitrogens with zero attached hydrogens (tertiary/aromatic N) is 3. The molecule has 0 amide bonds. The van der Waals surface area contributed by atoms with Crippen LogP contribution in [0.4, 0.5) is 0 Å². The monoisotopic (exact) mass is 293 g/mol. The standard InChI is InChI=1S/C14H16ClN3O2/c1-10-16-14(17-20-10)13-9-18(5-6-19-13)8-11-3-2-4-12(15)7-11/h2-4,7,13H,5-6,8-9H2,1H3. The first kappa shape index (κ1) is 13.5. The van der Waals surface area contributed by atoms with E-state index in [1.807, 2.05) is 18.2 Å². The molecule has 0 aliphatic carbocycles. The lowest BCUT2D eigenvalue weighted by molar-refractivity contribution is -0.0380. The molecule has 1 aromatic carbocycles. The number of morpholine rings is 1. The van der Waals surface area contributed by atoms with E-state index in [0.29, 0.717) is 18.3 Å². The third-order valence-corrected chi connectivity index (χ3v) is 3.51. The molecule has 1 aliphatic heterocycles. The van der Waals surface area contributed by atoms with Crippen molar-refractivity contribution < 1.29 is 9.26 Å². The van der Waals surface area contributed by atoms with Gasteiger partial charge in [0.25, 0.3) is 0 Å². The predicted molar refractivity (Wildman–Crippen MR) is 74.5 cm³/mol. The molecule has 1 atom stereocenters. The molecule has 1 saturated heterocycles. The molecule has 0 spiro atoms. The first-order chi connectivity index (χ1) is 9.70. The lowest BCUT2D eigenvalue weighted by atomic mass is 10.2. The van der Waals surface area contributed by atoms with Crippen LogP contribution in [0.1, 0.15) is 23.4 Å². The number of hydrogen-bond acceptors (Lipinski definition) is 5. The van der Waals surface area contributed by atoms with Crippen LogP contribution in [0.15, 0.2) is 28.8 Å². The fraction of sp³-hybridized carbons (Fsp3) is 0.429. The van der Waals surface area contributed by atoms with Gasteiger partial charge in [-0.25, -0.2) is 0 Å². The molecular weight excluding hydrogens is 278 g/mol. The number of aromatic nitrogens is 2. The van der Waals surface area contributed by atoms with Crippen molar-refractivity contribution in [3.8, 4) is 0 Å². The lowest BCUT2D eigenvalue weighted by Gasteiger charge is -2.31. The Morgan fingerprint density at radius 2 is 2.35 bits per heavy atom. The van der Waals surface area contributed by atoms with E-state index < -0.39 is 0 Å². The van der Waals surface area contributed by atoms with E-state index in [-0.39, 0.29) is 6.10 Å². The Hall–Kier alpha value is -1.43. The second-order valence-electron chi connectivity index (χ2n) is 4.90. The molecule has 0 radical (unpaired) electrons. The van der Waals surface area contributed by atoms with Gasteiger partial charge in [0.15, 0.2) is 0 Å². The second kappa shape index (κ2) is 5.91. The van der Waals surface area contributed by atoms with Gasteiger partial charge >= 0.3 is 0 Å².